The molecule has 0 N–H and O–H groups in total. The van der Waals surface area contributed by atoms with E-state index in [0.29, 0.717) is 22.6 Å². The first-order chi connectivity index (χ1) is 11.1. The van der Waals surface area contributed by atoms with Gasteiger partial charge in [0.05, 0.1) is 0 Å². The molecule has 0 unspecified atom stereocenters. The van der Waals surface area contributed by atoms with E-state index in [9.17, 15) is 13.6 Å². The molecule has 0 fully saturated rings. The maximum Gasteiger partial charge on any atom is 0.387 e. The number of carbonyl (C=O) groups excluding carboxylic acids is 1. The Morgan fingerprint density at radius 3 is 2.57 bits per heavy atom. The fourth-order valence-corrected chi connectivity index (χ4v) is 2.08. The summed E-state index contributed by atoms with van der Waals surface area (Å²) in [5.41, 5.74) is 1.17. The SMILES string of the molecule is O=C(/C=C/c1ccc(OC(F)F)cc1)c1ccc2c(c1)OCO2. The summed E-state index contributed by atoms with van der Waals surface area (Å²) in [4.78, 5) is 12.1. The van der Waals surface area contributed by atoms with Gasteiger partial charge in [-0.25, -0.2) is 0 Å². The third-order valence-corrected chi connectivity index (χ3v) is 3.19. The van der Waals surface area contributed by atoms with E-state index in [1.54, 1.807) is 36.4 Å². The van der Waals surface area contributed by atoms with Crippen LogP contribution in [0, 0.1) is 0 Å². The Morgan fingerprint density at radius 1 is 1.09 bits per heavy atom. The van der Waals surface area contributed by atoms with Crippen molar-refractivity contribution in [2.24, 2.45) is 0 Å². The highest BCUT2D eigenvalue weighted by molar-refractivity contribution is 6.07. The molecule has 0 spiro atoms. The van der Waals surface area contributed by atoms with E-state index in [1.165, 1.54) is 18.2 Å². The van der Waals surface area contributed by atoms with Gasteiger partial charge in [0.25, 0.3) is 0 Å². The molecule has 0 amide bonds. The Labute approximate surface area is 130 Å². The number of allylic oxidation sites excluding steroid dienone is 1. The first kappa shape index (κ1) is 15.0. The van der Waals surface area contributed by atoms with Gasteiger partial charge in [-0.1, -0.05) is 18.2 Å². The number of alkyl halides is 2. The van der Waals surface area contributed by atoms with Crippen molar-refractivity contribution in [2.75, 3.05) is 6.79 Å². The fourth-order valence-electron chi connectivity index (χ4n) is 2.08. The van der Waals surface area contributed by atoms with Gasteiger partial charge in [-0.05, 0) is 42.0 Å². The molecular formula is C17H12F2O4. The molecular weight excluding hydrogens is 306 g/mol. The van der Waals surface area contributed by atoms with E-state index >= 15 is 0 Å². The molecule has 2 aromatic carbocycles. The molecule has 4 nitrogen and oxygen atoms in total. The molecule has 23 heavy (non-hydrogen) atoms. The van der Waals surface area contributed by atoms with E-state index in [4.69, 9.17) is 9.47 Å². The fraction of sp³-hybridized carbons (Fsp3) is 0.118. The summed E-state index contributed by atoms with van der Waals surface area (Å²) >= 11 is 0. The van der Waals surface area contributed by atoms with Crippen molar-refractivity contribution in [2.45, 2.75) is 6.61 Å². The van der Waals surface area contributed by atoms with Gasteiger partial charge in [0, 0.05) is 5.56 Å². The summed E-state index contributed by atoms with van der Waals surface area (Å²) in [6, 6.07) is 10.9. The summed E-state index contributed by atoms with van der Waals surface area (Å²) in [5, 5.41) is 0. The molecule has 0 radical (unpaired) electrons. The van der Waals surface area contributed by atoms with Crippen LogP contribution in [0.4, 0.5) is 8.78 Å². The minimum absolute atomic E-state index is 0.0687. The van der Waals surface area contributed by atoms with Gasteiger partial charge >= 0.3 is 6.61 Å². The lowest BCUT2D eigenvalue weighted by atomic mass is 10.1. The van der Waals surface area contributed by atoms with Crippen molar-refractivity contribution >= 4 is 11.9 Å². The number of carbonyl (C=O) groups is 1. The maximum absolute atomic E-state index is 12.1. The largest absolute Gasteiger partial charge is 0.454 e. The smallest absolute Gasteiger partial charge is 0.387 e. The number of benzene rings is 2. The van der Waals surface area contributed by atoms with Gasteiger partial charge < -0.3 is 14.2 Å². The van der Waals surface area contributed by atoms with Crippen LogP contribution in [0.15, 0.2) is 48.5 Å². The molecule has 0 saturated carbocycles. The van der Waals surface area contributed by atoms with Crippen LogP contribution in [0.5, 0.6) is 17.2 Å². The number of ketones is 1. The predicted molar refractivity (Wildman–Crippen MR) is 79.0 cm³/mol. The van der Waals surface area contributed by atoms with Gasteiger partial charge in [-0.3, -0.25) is 4.79 Å². The number of hydrogen-bond acceptors (Lipinski definition) is 4. The van der Waals surface area contributed by atoms with Crippen LogP contribution in [0.2, 0.25) is 0 Å². The Kier molecular flexibility index (Phi) is 4.23. The minimum atomic E-state index is -2.86. The lowest BCUT2D eigenvalue weighted by Gasteiger charge is -2.03. The molecule has 0 aliphatic carbocycles. The molecule has 1 heterocycles. The van der Waals surface area contributed by atoms with E-state index in [0.717, 1.165) is 0 Å². The molecule has 3 rings (SSSR count). The van der Waals surface area contributed by atoms with E-state index in [2.05, 4.69) is 4.74 Å². The summed E-state index contributed by atoms with van der Waals surface area (Å²) < 4.78 is 38.8. The number of ether oxygens (including phenoxy) is 3. The van der Waals surface area contributed by atoms with Crippen LogP contribution in [-0.4, -0.2) is 19.2 Å². The quantitative estimate of drug-likeness (QED) is 0.619. The van der Waals surface area contributed by atoms with Crippen LogP contribution in [0.1, 0.15) is 15.9 Å². The average Bonchev–Trinajstić information content (AvgIpc) is 3.01. The zero-order valence-corrected chi connectivity index (χ0v) is 11.9. The third kappa shape index (κ3) is 3.66. The van der Waals surface area contributed by atoms with Crippen LogP contribution in [0.3, 0.4) is 0 Å². The number of hydrogen-bond donors (Lipinski definition) is 0. The molecule has 118 valence electrons. The predicted octanol–water partition coefficient (Wildman–Crippen LogP) is 3.91. The van der Waals surface area contributed by atoms with Gasteiger partial charge in [0.2, 0.25) is 6.79 Å². The third-order valence-electron chi connectivity index (χ3n) is 3.19. The Bertz CT molecular complexity index is 739. The Hall–Kier alpha value is -2.89. The first-order valence-corrected chi connectivity index (χ1v) is 6.79. The molecule has 0 bridgehead atoms. The standard InChI is InChI=1S/C17H12F2O4/c18-17(19)23-13-5-1-11(2-6-13)3-7-14(20)12-4-8-15-16(9-12)22-10-21-15/h1-9,17H,10H2/b7-3+. The van der Waals surface area contributed by atoms with Gasteiger partial charge in [-0.15, -0.1) is 0 Å². The van der Waals surface area contributed by atoms with Gasteiger partial charge in [0.15, 0.2) is 17.3 Å². The highest BCUT2D eigenvalue weighted by Gasteiger charge is 2.15. The van der Waals surface area contributed by atoms with Crippen molar-refractivity contribution in [1.29, 1.82) is 0 Å². The molecule has 2 aromatic rings. The van der Waals surface area contributed by atoms with Gasteiger partial charge in [-0.2, -0.15) is 8.78 Å². The van der Waals surface area contributed by atoms with E-state index in [1.807, 2.05) is 0 Å². The lowest BCUT2D eigenvalue weighted by Crippen LogP contribution is -2.01. The second-order valence-electron chi connectivity index (χ2n) is 4.71. The summed E-state index contributed by atoms with van der Waals surface area (Å²) in [6.07, 6.45) is 3.00. The number of halogens is 2. The van der Waals surface area contributed by atoms with E-state index in [-0.39, 0.29) is 18.3 Å². The van der Waals surface area contributed by atoms with Crippen molar-refractivity contribution in [3.05, 3.63) is 59.7 Å². The second kappa shape index (κ2) is 6.48. The normalized spacial score (nSPS) is 12.8. The minimum Gasteiger partial charge on any atom is -0.454 e. The monoisotopic (exact) mass is 318 g/mol. The van der Waals surface area contributed by atoms with Crippen molar-refractivity contribution in [3.8, 4) is 17.2 Å². The highest BCUT2D eigenvalue weighted by Crippen LogP contribution is 2.32. The molecule has 0 saturated heterocycles. The Morgan fingerprint density at radius 2 is 1.83 bits per heavy atom. The summed E-state index contributed by atoms with van der Waals surface area (Å²) in [6.45, 7) is -2.71. The zero-order chi connectivity index (χ0) is 16.2. The Balaban J connectivity index is 1.68. The number of rotatable bonds is 5. The van der Waals surface area contributed by atoms with Crippen molar-refractivity contribution < 1.29 is 27.8 Å². The molecule has 6 heteroatoms. The molecule has 1 aliphatic rings. The van der Waals surface area contributed by atoms with Crippen molar-refractivity contribution in [3.63, 3.8) is 0 Å². The molecule has 0 aromatic heterocycles. The highest BCUT2D eigenvalue weighted by atomic mass is 19.3. The topological polar surface area (TPSA) is 44.8 Å². The lowest BCUT2D eigenvalue weighted by molar-refractivity contribution is -0.0498. The first-order valence-electron chi connectivity index (χ1n) is 6.79. The molecule has 0 atom stereocenters. The number of fused-ring (bicyclic) bond motifs is 1. The summed E-state index contributed by atoms with van der Waals surface area (Å²) in [5.74, 6) is 1.02. The van der Waals surface area contributed by atoms with Crippen molar-refractivity contribution in [1.82, 2.24) is 0 Å². The van der Waals surface area contributed by atoms with Crippen LogP contribution in [-0.2, 0) is 0 Å². The second-order valence-corrected chi connectivity index (χ2v) is 4.71. The zero-order valence-electron chi connectivity index (χ0n) is 11.9. The van der Waals surface area contributed by atoms with Crippen LogP contribution in [0.25, 0.3) is 6.08 Å². The molecule has 1 aliphatic heterocycles. The average molecular weight is 318 g/mol. The van der Waals surface area contributed by atoms with Crippen LogP contribution < -0.4 is 14.2 Å². The van der Waals surface area contributed by atoms with E-state index < -0.39 is 6.61 Å². The summed E-state index contributed by atoms with van der Waals surface area (Å²) in [7, 11) is 0. The van der Waals surface area contributed by atoms with Crippen LogP contribution >= 0.6 is 0 Å². The maximum atomic E-state index is 12.1. The van der Waals surface area contributed by atoms with Gasteiger partial charge in [0.1, 0.15) is 5.75 Å².